The minimum Gasteiger partial charge on any atom is -0.495 e. The van der Waals surface area contributed by atoms with Gasteiger partial charge in [-0.05, 0) is 44.4 Å². The third-order valence-electron chi connectivity index (χ3n) is 6.36. The molecule has 1 aliphatic carbocycles. The number of imidazole rings is 1. The summed E-state index contributed by atoms with van der Waals surface area (Å²) in [7, 11) is 1.69. The summed E-state index contributed by atoms with van der Waals surface area (Å²) >= 11 is 0. The van der Waals surface area contributed by atoms with Gasteiger partial charge in [0.05, 0.1) is 19.0 Å². The molecule has 2 fully saturated rings. The molecule has 8 nitrogen and oxygen atoms in total. The third-order valence-corrected chi connectivity index (χ3v) is 6.36. The van der Waals surface area contributed by atoms with Crippen LogP contribution in [0.5, 0.6) is 17.2 Å². The highest BCUT2D eigenvalue weighted by Gasteiger charge is 2.30. The molecule has 2 aliphatic rings. The van der Waals surface area contributed by atoms with Gasteiger partial charge in [0.25, 0.3) is 0 Å². The summed E-state index contributed by atoms with van der Waals surface area (Å²) in [6, 6.07) is 16.0. The molecule has 1 saturated heterocycles. The fourth-order valence-electron chi connectivity index (χ4n) is 4.47. The van der Waals surface area contributed by atoms with Gasteiger partial charge in [0.15, 0.2) is 5.65 Å². The van der Waals surface area contributed by atoms with Crippen molar-refractivity contribution in [1.82, 2.24) is 24.9 Å². The highest BCUT2D eigenvalue weighted by molar-refractivity contribution is 5.65. The third kappa shape index (κ3) is 4.28. The molecule has 1 aromatic carbocycles. The van der Waals surface area contributed by atoms with Gasteiger partial charge in [0.2, 0.25) is 0 Å². The molecule has 174 valence electrons. The summed E-state index contributed by atoms with van der Waals surface area (Å²) in [4.78, 5) is 9.54. The molecule has 3 aromatic heterocycles. The van der Waals surface area contributed by atoms with E-state index in [0.717, 1.165) is 78.8 Å². The molecule has 8 heteroatoms. The van der Waals surface area contributed by atoms with Gasteiger partial charge < -0.3 is 20.1 Å². The minimum atomic E-state index is 0.326. The zero-order valence-electron chi connectivity index (χ0n) is 19.2. The van der Waals surface area contributed by atoms with Crippen LogP contribution in [0.4, 0.5) is 5.82 Å². The van der Waals surface area contributed by atoms with Crippen LogP contribution < -0.4 is 20.1 Å². The topological polar surface area (TPSA) is 85.6 Å². The minimum absolute atomic E-state index is 0.326. The summed E-state index contributed by atoms with van der Waals surface area (Å²) in [5.74, 6) is 3.53. The van der Waals surface area contributed by atoms with Crippen molar-refractivity contribution in [1.29, 1.82) is 0 Å². The number of piperidine rings is 1. The van der Waals surface area contributed by atoms with Gasteiger partial charge >= 0.3 is 0 Å². The number of hydrogen-bond acceptors (Lipinski definition) is 7. The predicted octanol–water partition coefficient (Wildman–Crippen LogP) is 4.63. The Balaban J connectivity index is 1.41. The van der Waals surface area contributed by atoms with Crippen molar-refractivity contribution in [3.8, 4) is 28.6 Å². The van der Waals surface area contributed by atoms with E-state index in [1.807, 2.05) is 59.2 Å². The Bertz CT molecular complexity index is 1300. The molecule has 1 atom stereocenters. The van der Waals surface area contributed by atoms with Crippen molar-refractivity contribution in [3.63, 3.8) is 0 Å². The highest BCUT2D eigenvalue weighted by Crippen LogP contribution is 2.43. The van der Waals surface area contributed by atoms with Gasteiger partial charge in [-0.3, -0.25) is 0 Å². The van der Waals surface area contributed by atoms with E-state index >= 15 is 0 Å². The number of benzene rings is 1. The van der Waals surface area contributed by atoms with Gasteiger partial charge in [-0.2, -0.15) is 5.10 Å². The van der Waals surface area contributed by atoms with Crippen molar-refractivity contribution >= 4 is 11.5 Å². The number of rotatable bonds is 7. The first-order valence-corrected chi connectivity index (χ1v) is 11.9. The summed E-state index contributed by atoms with van der Waals surface area (Å²) in [5, 5.41) is 12.0. The Morgan fingerprint density at radius 3 is 2.71 bits per heavy atom. The Morgan fingerprint density at radius 1 is 1.06 bits per heavy atom. The molecular weight excluding hydrogens is 428 g/mol. The molecule has 4 aromatic rings. The second kappa shape index (κ2) is 8.95. The van der Waals surface area contributed by atoms with Crippen LogP contribution in [0.25, 0.3) is 17.0 Å². The second-order valence-electron chi connectivity index (χ2n) is 8.96. The number of nitrogens with zero attached hydrogens (tertiary/aromatic N) is 4. The van der Waals surface area contributed by atoms with Gasteiger partial charge in [0, 0.05) is 36.7 Å². The highest BCUT2D eigenvalue weighted by atomic mass is 16.5. The lowest BCUT2D eigenvalue weighted by molar-refractivity contribution is 0.405. The first kappa shape index (κ1) is 20.9. The summed E-state index contributed by atoms with van der Waals surface area (Å²) < 4.78 is 13.7. The number of para-hydroxylation sites is 1. The van der Waals surface area contributed by atoms with E-state index in [1.165, 1.54) is 0 Å². The lowest BCUT2D eigenvalue weighted by Crippen LogP contribution is -2.38. The smallest absolute Gasteiger partial charge is 0.157 e. The zero-order valence-corrected chi connectivity index (χ0v) is 19.2. The first-order chi connectivity index (χ1) is 16.8. The molecule has 0 bridgehead atoms. The van der Waals surface area contributed by atoms with Crippen molar-refractivity contribution in [2.45, 2.75) is 37.6 Å². The van der Waals surface area contributed by atoms with Gasteiger partial charge in [-0.25, -0.2) is 14.5 Å². The Morgan fingerprint density at radius 2 is 1.94 bits per heavy atom. The molecular formula is C26H28N6O2. The number of methoxy groups -OCH3 is 1. The van der Waals surface area contributed by atoms with Crippen molar-refractivity contribution in [2.24, 2.45) is 0 Å². The van der Waals surface area contributed by atoms with Crippen LogP contribution in [0.2, 0.25) is 0 Å². The fraction of sp³-hybridized carbons (Fsp3) is 0.346. The maximum Gasteiger partial charge on any atom is 0.157 e. The van der Waals surface area contributed by atoms with Crippen LogP contribution in [-0.4, -0.2) is 45.8 Å². The number of fused-ring (bicyclic) bond motifs is 1. The van der Waals surface area contributed by atoms with E-state index in [4.69, 9.17) is 19.6 Å². The van der Waals surface area contributed by atoms with E-state index in [1.54, 1.807) is 7.11 Å². The SMILES string of the molecule is COc1cc2ncc(-c3cc(Oc4ccccc4)cc(N[C@@H]4CCCNC4)n3)n2nc1C1CC1. The maximum absolute atomic E-state index is 6.20. The van der Waals surface area contributed by atoms with Crippen LogP contribution in [0.3, 0.4) is 0 Å². The first-order valence-electron chi connectivity index (χ1n) is 11.9. The number of anilines is 1. The van der Waals surface area contributed by atoms with Crippen LogP contribution >= 0.6 is 0 Å². The van der Waals surface area contributed by atoms with Crippen molar-refractivity contribution < 1.29 is 9.47 Å². The maximum atomic E-state index is 6.20. The Hall–Kier alpha value is -3.65. The zero-order chi connectivity index (χ0) is 22.9. The monoisotopic (exact) mass is 456 g/mol. The molecule has 2 N–H and O–H groups in total. The van der Waals surface area contributed by atoms with Crippen LogP contribution in [0.1, 0.15) is 37.3 Å². The van der Waals surface area contributed by atoms with E-state index in [9.17, 15) is 0 Å². The average Bonchev–Trinajstić information content (AvgIpc) is 3.63. The molecule has 34 heavy (non-hydrogen) atoms. The molecule has 6 rings (SSSR count). The van der Waals surface area contributed by atoms with Crippen LogP contribution in [0, 0.1) is 0 Å². The number of pyridine rings is 1. The second-order valence-corrected chi connectivity index (χ2v) is 8.96. The average molecular weight is 457 g/mol. The van der Waals surface area contributed by atoms with E-state index in [2.05, 4.69) is 15.6 Å². The molecule has 0 unspecified atom stereocenters. The summed E-state index contributed by atoms with van der Waals surface area (Å²) in [6.07, 6.45) is 6.35. The van der Waals surface area contributed by atoms with Crippen molar-refractivity contribution in [3.05, 3.63) is 60.4 Å². The van der Waals surface area contributed by atoms with Gasteiger partial charge in [-0.1, -0.05) is 18.2 Å². The summed E-state index contributed by atoms with van der Waals surface area (Å²) in [6.45, 7) is 1.98. The Labute approximate surface area is 198 Å². The number of hydrogen-bond donors (Lipinski definition) is 2. The van der Waals surface area contributed by atoms with Crippen LogP contribution in [-0.2, 0) is 0 Å². The summed E-state index contributed by atoms with van der Waals surface area (Å²) in [5.41, 5.74) is 3.30. The molecule has 1 aliphatic heterocycles. The lowest BCUT2D eigenvalue weighted by atomic mass is 10.1. The predicted molar refractivity (Wildman–Crippen MR) is 131 cm³/mol. The molecule has 0 spiro atoms. The standard InChI is InChI=1S/C26H28N6O2/c1-33-23-14-25-28-16-22(32(25)31-26(23)17-9-10-17)21-12-20(34-19-7-3-2-4-8-19)13-24(30-21)29-18-6-5-11-27-15-18/h2-4,7-8,12-14,16-18,27H,5-6,9-11,15H2,1H3,(H,29,30)/t18-/m1/s1. The van der Waals surface area contributed by atoms with Gasteiger partial charge in [-0.15, -0.1) is 0 Å². The largest absolute Gasteiger partial charge is 0.495 e. The number of aromatic nitrogens is 4. The number of ether oxygens (including phenoxy) is 2. The van der Waals surface area contributed by atoms with Gasteiger partial charge in [0.1, 0.15) is 34.5 Å². The molecule has 0 amide bonds. The fourth-order valence-corrected chi connectivity index (χ4v) is 4.47. The Kier molecular flexibility index (Phi) is 5.50. The lowest BCUT2D eigenvalue weighted by Gasteiger charge is -2.24. The normalized spacial score (nSPS) is 18.1. The quantitative estimate of drug-likeness (QED) is 0.419. The van der Waals surface area contributed by atoms with E-state index in [-0.39, 0.29) is 0 Å². The molecule has 0 radical (unpaired) electrons. The molecule has 1 saturated carbocycles. The van der Waals surface area contributed by atoms with Crippen molar-refractivity contribution in [2.75, 3.05) is 25.5 Å². The number of nitrogens with one attached hydrogen (secondary N) is 2. The van der Waals surface area contributed by atoms with E-state index in [0.29, 0.717) is 17.7 Å². The van der Waals surface area contributed by atoms with Crippen LogP contribution in [0.15, 0.2) is 54.7 Å². The van der Waals surface area contributed by atoms with E-state index < -0.39 is 0 Å². The molecule has 4 heterocycles.